The molecule has 0 aliphatic rings. The first-order valence-electron chi connectivity index (χ1n) is 8.74. The normalized spacial score (nSPS) is 10.5. The van der Waals surface area contributed by atoms with E-state index in [4.69, 9.17) is 9.47 Å². The highest BCUT2D eigenvalue weighted by atomic mass is 19.1. The molecule has 1 heterocycles. The third kappa shape index (κ3) is 4.31. The van der Waals surface area contributed by atoms with Gasteiger partial charge in [-0.2, -0.15) is 4.98 Å². The summed E-state index contributed by atoms with van der Waals surface area (Å²) >= 11 is 0. The molecule has 146 valence electrons. The van der Waals surface area contributed by atoms with Crippen molar-refractivity contribution < 1.29 is 13.9 Å². The molecule has 3 rings (SSSR count). The van der Waals surface area contributed by atoms with Crippen LogP contribution in [0.15, 0.2) is 42.6 Å². The Morgan fingerprint density at radius 3 is 2.11 bits per heavy atom. The minimum absolute atomic E-state index is 0.136. The maximum Gasteiger partial charge on any atom is 0.229 e. The second-order valence-electron chi connectivity index (χ2n) is 6.50. The zero-order valence-corrected chi connectivity index (χ0v) is 16.6. The third-order valence-electron chi connectivity index (χ3n) is 4.24. The van der Waals surface area contributed by atoms with Gasteiger partial charge in [-0.1, -0.05) is 6.07 Å². The number of ether oxygens (including phenoxy) is 2. The molecule has 0 fully saturated rings. The molecule has 28 heavy (non-hydrogen) atoms. The summed E-state index contributed by atoms with van der Waals surface area (Å²) < 4.78 is 25.1. The quantitative estimate of drug-likeness (QED) is 0.663. The van der Waals surface area contributed by atoms with E-state index in [0.29, 0.717) is 23.1 Å². The first-order chi connectivity index (χ1) is 13.4. The van der Waals surface area contributed by atoms with Crippen molar-refractivity contribution in [3.63, 3.8) is 0 Å². The van der Waals surface area contributed by atoms with E-state index in [0.717, 1.165) is 23.0 Å². The average molecular weight is 382 g/mol. The Morgan fingerprint density at radius 1 is 0.929 bits per heavy atom. The van der Waals surface area contributed by atoms with Gasteiger partial charge in [0, 0.05) is 36.6 Å². The van der Waals surface area contributed by atoms with Gasteiger partial charge in [0.1, 0.15) is 11.5 Å². The summed E-state index contributed by atoms with van der Waals surface area (Å²) in [4.78, 5) is 10.0. The van der Waals surface area contributed by atoms with Crippen molar-refractivity contribution in [2.45, 2.75) is 13.8 Å². The molecular formula is C21H23FN4O2. The van der Waals surface area contributed by atoms with Gasteiger partial charge in [-0.05, 0) is 37.1 Å². The van der Waals surface area contributed by atoms with Gasteiger partial charge in [0.2, 0.25) is 5.95 Å². The molecule has 3 aromatic rings. The van der Waals surface area contributed by atoms with Crippen LogP contribution < -0.4 is 19.7 Å². The molecule has 0 spiro atoms. The molecule has 1 N–H and O–H groups in total. The molecule has 6 nitrogen and oxygen atoms in total. The van der Waals surface area contributed by atoms with Crippen molar-refractivity contribution >= 4 is 23.1 Å². The second kappa shape index (κ2) is 8.12. The number of methoxy groups -OCH3 is 2. The van der Waals surface area contributed by atoms with Crippen LogP contribution in [0.3, 0.4) is 0 Å². The van der Waals surface area contributed by atoms with Gasteiger partial charge < -0.3 is 19.7 Å². The first-order valence-corrected chi connectivity index (χ1v) is 8.74. The van der Waals surface area contributed by atoms with Gasteiger partial charge in [-0.15, -0.1) is 0 Å². The Balaban J connectivity index is 1.95. The van der Waals surface area contributed by atoms with Crippen LogP contribution in [0.5, 0.6) is 11.5 Å². The summed E-state index contributed by atoms with van der Waals surface area (Å²) in [5.74, 6) is 1.11. The van der Waals surface area contributed by atoms with E-state index >= 15 is 0 Å². The van der Waals surface area contributed by atoms with E-state index < -0.39 is 5.82 Å². The topological polar surface area (TPSA) is 59.5 Å². The molecule has 2 aromatic carbocycles. The van der Waals surface area contributed by atoms with Crippen molar-refractivity contribution in [1.82, 2.24) is 9.97 Å². The molecule has 0 aliphatic carbocycles. The Bertz CT molecular complexity index is 952. The standard InChI is InChI=1S/C21H23FN4O2/c1-13-6-14(2)8-15(7-13)24-21-23-12-19(22)20(25-21)26(3)16-9-17(27-4)11-18(10-16)28-5/h6-12H,1-5H3,(H,23,24,25). The first kappa shape index (κ1) is 19.4. The van der Waals surface area contributed by atoms with Crippen LogP contribution in [0.1, 0.15) is 11.1 Å². The largest absolute Gasteiger partial charge is 0.497 e. The average Bonchev–Trinajstić information content (AvgIpc) is 2.67. The van der Waals surface area contributed by atoms with Crippen molar-refractivity contribution in [2.75, 3.05) is 31.5 Å². The van der Waals surface area contributed by atoms with Crippen LogP contribution in [-0.2, 0) is 0 Å². The number of halogens is 1. The third-order valence-corrected chi connectivity index (χ3v) is 4.24. The van der Waals surface area contributed by atoms with Crippen LogP contribution in [0, 0.1) is 19.7 Å². The van der Waals surface area contributed by atoms with Crippen LogP contribution >= 0.6 is 0 Å². The molecule has 0 aliphatic heterocycles. The fraction of sp³-hybridized carbons (Fsp3) is 0.238. The Labute approximate surface area is 164 Å². The number of anilines is 4. The monoisotopic (exact) mass is 382 g/mol. The molecule has 7 heteroatoms. The molecule has 0 saturated heterocycles. The van der Waals surface area contributed by atoms with E-state index in [1.165, 1.54) is 0 Å². The second-order valence-corrected chi connectivity index (χ2v) is 6.50. The maximum absolute atomic E-state index is 14.5. The minimum Gasteiger partial charge on any atom is -0.497 e. The molecular weight excluding hydrogens is 359 g/mol. The van der Waals surface area contributed by atoms with Gasteiger partial charge in [0.25, 0.3) is 0 Å². The number of aromatic nitrogens is 2. The molecule has 0 amide bonds. The highest BCUT2D eigenvalue weighted by molar-refractivity contribution is 5.65. The number of aryl methyl sites for hydroxylation is 2. The lowest BCUT2D eigenvalue weighted by atomic mass is 10.1. The summed E-state index contributed by atoms with van der Waals surface area (Å²) in [5, 5.41) is 3.14. The highest BCUT2D eigenvalue weighted by Gasteiger charge is 2.15. The smallest absolute Gasteiger partial charge is 0.229 e. The number of nitrogens with one attached hydrogen (secondary N) is 1. The zero-order chi connectivity index (χ0) is 20.3. The van der Waals surface area contributed by atoms with Gasteiger partial charge in [0.15, 0.2) is 11.6 Å². The number of hydrogen-bond acceptors (Lipinski definition) is 6. The fourth-order valence-electron chi connectivity index (χ4n) is 2.94. The van der Waals surface area contributed by atoms with Crippen molar-refractivity contribution in [3.05, 3.63) is 59.5 Å². The van der Waals surface area contributed by atoms with Gasteiger partial charge in [-0.3, -0.25) is 0 Å². The van der Waals surface area contributed by atoms with E-state index in [2.05, 4.69) is 21.4 Å². The van der Waals surface area contributed by atoms with E-state index in [-0.39, 0.29) is 5.82 Å². The Kier molecular flexibility index (Phi) is 5.63. The molecule has 1 aromatic heterocycles. The predicted molar refractivity (Wildman–Crippen MR) is 109 cm³/mol. The summed E-state index contributed by atoms with van der Waals surface area (Å²) in [6.45, 7) is 4.03. The van der Waals surface area contributed by atoms with Crippen molar-refractivity contribution in [1.29, 1.82) is 0 Å². The van der Waals surface area contributed by atoms with Crippen LogP contribution in [-0.4, -0.2) is 31.2 Å². The summed E-state index contributed by atoms with van der Waals surface area (Å²) in [6.07, 6.45) is 1.15. The Hall–Kier alpha value is -3.35. The van der Waals surface area contributed by atoms with E-state index in [1.54, 1.807) is 44.4 Å². The summed E-state index contributed by atoms with van der Waals surface area (Å²) in [7, 11) is 4.85. The molecule has 0 radical (unpaired) electrons. The molecule has 0 atom stereocenters. The molecule has 0 saturated carbocycles. The maximum atomic E-state index is 14.5. The van der Waals surface area contributed by atoms with Crippen LogP contribution in [0.2, 0.25) is 0 Å². The Morgan fingerprint density at radius 2 is 1.54 bits per heavy atom. The van der Waals surface area contributed by atoms with Gasteiger partial charge in [-0.25, -0.2) is 9.37 Å². The van der Waals surface area contributed by atoms with Gasteiger partial charge >= 0.3 is 0 Å². The van der Waals surface area contributed by atoms with Crippen molar-refractivity contribution in [2.24, 2.45) is 0 Å². The van der Waals surface area contributed by atoms with Crippen LogP contribution in [0.4, 0.5) is 27.5 Å². The lowest BCUT2D eigenvalue weighted by Gasteiger charge is -2.21. The van der Waals surface area contributed by atoms with Gasteiger partial charge in [0.05, 0.1) is 20.4 Å². The summed E-state index contributed by atoms with van der Waals surface area (Å²) in [5.41, 5.74) is 3.75. The predicted octanol–water partition coefficient (Wildman–Crippen LogP) is 4.76. The lowest BCUT2D eigenvalue weighted by molar-refractivity contribution is 0.394. The van der Waals surface area contributed by atoms with E-state index in [9.17, 15) is 4.39 Å². The minimum atomic E-state index is -0.532. The number of hydrogen-bond donors (Lipinski definition) is 1. The van der Waals surface area contributed by atoms with Crippen molar-refractivity contribution in [3.8, 4) is 11.5 Å². The number of benzene rings is 2. The van der Waals surface area contributed by atoms with E-state index in [1.807, 2.05) is 26.0 Å². The molecule has 0 unspecified atom stereocenters. The number of nitrogens with zero attached hydrogens (tertiary/aromatic N) is 3. The summed E-state index contributed by atoms with van der Waals surface area (Å²) in [6, 6.07) is 11.3. The fourth-order valence-corrected chi connectivity index (χ4v) is 2.94. The zero-order valence-electron chi connectivity index (χ0n) is 16.6. The van der Waals surface area contributed by atoms with Crippen LogP contribution in [0.25, 0.3) is 0 Å². The molecule has 0 bridgehead atoms. The lowest BCUT2D eigenvalue weighted by Crippen LogP contribution is -2.15. The highest BCUT2D eigenvalue weighted by Crippen LogP contribution is 2.32. The SMILES string of the molecule is COc1cc(OC)cc(N(C)c2nc(Nc3cc(C)cc(C)c3)ncc2F)c1. The number of rotatable bonds is 6.